The number of piperidine rings is 1. The summed E-state index contributed by atoms with van der Waals surface area (Å²) < 4.78 is 39.0. The van der Waals surface area contributed by atoms with Gasteiger partial charge in [-0.1, -0.05) is 0 Å². The maximum absolute atomic E-state index is 13.1. The highest BCUT2D eigenvalue weighted by Crippen LogP contribution is 2.15. The number of halogens is 3. The number of nitrogens with one attached hydrogen (secondary N) is 1. The van der Waals surface area contributed by atoms with Crippen LogP contribution in [0, 0.1) is 28.8 Å². The molecule has 2 rings (SSSR count). The van der Waals surface area contributed by atoms with Crippen LogP contribution in [0.3, 0.4) is 0 Å². The molecule has 0 spiro atoms. The Kier molecular flexibility index (Phi) is 4.81. The number of likely N-dealkylation sites (tertiary alicyclic amines) is 1. The molecule has 4 nitrogen and oxygen atoms in total. The Morgan fingerprint density at radius 3 is 2.38 bits per heavy atom. The predicted molar refractivity (Wildman–Crippen MR) is 68.9 cm³/mol. The molecule has 1 aromatic carbocycles. The predicted octanol–water partition coefficient (Wildman–Crippen LogP) is 1.82. The molecule has 0 bridgehead atoms. The van der Waals surface area contributed by atoms with Gasteiger partial charge >= 0.3 is 0 Å². The molecule has 7 heteroatoms. The Labute approximate surface area is 120 Å². The third kappa shape index (κ3) is 3.73. The molecule has 0 aromatic heterocycles. The summed E-state index contributed by atoms with van der Waals surface area (Å²) in [6.45, 7) is 1.68. The molecular formula is C14H14F3N3O. The average molecular weight is 297 g/mol. The van der Waals surface area contributed by atoms with E-state index in [9.17, 15) is 18.0 Å². The zero-order chi connectivity index (χ0) is 15.4. The van der Waals surface area contributed by atoms with Crippen LogP contribution in [-0.4, -0.2) is 36.5 Å². The molecule has 1 fully saturated rings. The smallest absolute Gasteiger partial charge is 0.251 e. The lowest BCUT2D eigenvalue weighted by Crippen LogP contribution is -2.44. The number of hydrogen-bond acceptors (Lipinski definition) is 3. The van der Waals surface area contributed by atoms with Crippen LogP contribution >= 0.6 is 0 Å². The summed E-state index contributed by atoms with van der Waals surface area (Å²) in [5, 5.41) is 11.3. The number of rotatable bonds is 3. The van der Waals surface area contributed by atoms with Gasteiger partial charge in [0, 0.05) is 24.7 Å². The van der Waals surface area contributed by atoms with E-state index in [1.807, 2.05) is 4.90 Å². The van der Waals surface area contributed by atoms with E-state index in [-0.39, 0.29) is 11.6 Å². The Morgan fingerprint density at radius 1 is 1.29 bits per heavy atom. The van der Waals surface area contributed by atoms with Gasteiger partial charge in [0.2, 0.25) is 0 Å². The van der Waals surface area contributed by atoms with Crippen LogP contribution in [0.5, 0.6) is 0 Å². The van der Waals surface area contributed by atoms with Crippen LogP contribution in [0.25, 0.3) is 0 Å². The van der Waals surface area contributed by atoms with Gasteiger partial charge < -0.3 is 5.32 Å². The van der Waals surface area contributed by atoms with E-state index in [0.29, 0.717) is 44.6 Å². The Morgan fingerprint density at radius 2 is 1.86 bits per heavy atom. The van der Waals surface area contributed by atoms with Gasteiger partial charge in [-0.05, 0) is 25.0 Å². The Bertz CT molecular complexity index is 554. The van der Waals surface area contributed by atoms with Crippen molar-refractivity contribution < 1.29 is 18.0 Å². The lowest BCUT2D eigenvalue weighted by atomic mass is 10.0. The second-order valence-electron chi connectivity index (χ2n) is 4.94. The minimum absolute atomic E-state index is 0.122. The summed E-state index contributed by atoms with van der Waals surface area (Å²) >= 11 is 0. The van der Waals surface area contributed by atoms with Gasteiger partial charge in [0.25, 0.3) is 5.91 Å². The van der Waals surface area contributed by atoms with Crippen LogP contribution in [0.4, 0.5) is 13.2 Å². The van der Waals surface area contributed by atoms with Crippen molar-refractivity contribution in [3.8, 4) is 6.07 Å². The van der Waals surface area contributed by atoms with E-state index in [2.05, 4.69) is 11.4 Å². The van der Waals surface area contributed by atoms with E-state index >= 15 is 0 Å². The summed E-state index contributed by atoms with van der Waals surface area (Å²) in [5.74, 6) is -4.99. The molecule has 1 saturated heterocycles. The molecule has 0 aliphatic carbocycles. The highest BCUT2D eigenvalue weighted by molar-refractivity contribution is 5.94. The van der Waals surface area contributed by atoms with Crippen molar-refractivity contribution >= 4 is 5.91 Å². The molecule has 21 heavy (non-hydrogen) atoms. The van der Waals surface area contributed by atoms with Crippen molar-refractivity contribution in [2.75, 3.05) is 19.6 Å². The zero-order valence-corrected chi connectivity index (χ0v) is 11.2. The molecule has 0 saturated carbocycles. The maximum Gasteiger partial charge on any atom is 0.251 e. The van der Waals surface area contributed by atoms with Crippen molar-refractivity contribution in [3.05, 3.63) is 35.1 Å². The summed E-state index contributed by atoms with van der Waals surface area (Å²) in [6, 6.07) is 3.29. The van der Waals surface area contributed by atoms with Gasteiger partial charge in [-0.3, -0.25) is 9.69 Å². The van der Waals surface area contributed by atoms with Crippen LogP contribution in [-0.2, 0) is 0 Å². The molecule has 1 aliphatic heterocycles. The first-order valence-corrected chi connectivity index (χ1v) is 6.56. The first kappa shape index (κ1) is 15.3. The van der Waals surface area contributed by atoms with E-state index in [1.165, 1.54) is 0 Å². The molecule has 1 aliphatic rings. The van der Waals surface area contributed by atoms with Crippen molar-refractivity contribution in [3.63, 3.8) is 0 Å². The van der Waals surface area contributed by atoms with Gasteiger partial charge in [0.1, 0.15) is 0 Å². The highest BCUT2D eigenvalue weighted by Gasteiger charge is 2.22. The first-order valence-electron chi connectivity index (χ1n) is 6.56. The monoisotopic (exact) mass is 297 g/mol. The number of hydrogen-bond donors (Lipinski definition) is 1. The minimum Gasteiger partial charge on any atom is -0.349 e. The van der Waals surface area contributed by atoms with E-state index in [1.54, 1.807) is 0 Å². The Hall–Kier alpha value is -2.07. The van der Waals surface area contributed by atoms with Crippen LogP contribution in [0.1, 0.15) is 23.2 Å². The minimum atomic E-state index is -1.59. The molecule has 1 heterocycles. The van der Waals surface area contributed by atoms with Crippen LogP contribution in [0.2, 0.25) is 0 Å². The number of carbonyl (C=O) groups excluding carboxylic acids is 1. The average Bonchev–Trinajstić information content (AvgIpc) is 2.46. The fourth-order valence-electron chi connectivity index (χ4n) is 2.29. The fraction of sp³-hybridized carbons (Fsp3) is 0.429. The van der Waals surface area contributed by atoms with Gasteiger partial charge in [0.15, 0.2) is 17.5 Å². The summed E-state index contributed by atoms with van der Waals surface area (Å²) in [6.07, 6.45) is 1.30. The summed E-state index contributed by atoms with van der Waals surface area (Å²) in [7, 11) is 0. The van der Waals surface area contributed by atoms with Crippen molar-refractivity contribution in [2.24, 2.45) is 0 Å². The molecule has 0 atom stereocenters. The normalized spacial score (nSPS) is 16.5. The van der Waals surface area contributed by atoms with Crippen molar-refractivity contribution in [1.29, 1.82) is 5.26 Å². The van der Waals surface area contributed by atoms with E-state index < -0.39 is 23.4 Å². The molecule has 0 unspecified atom stereocenters. The van der Waals surface area contributed by atoms with Gasteiger partial charge in [-0.15, -0.1) is 0 Å². The van der Waals surface area contributed by atoms with Gasteiger partial charge in [0.05, 0.1) is 12.6 Å². The third-order valence-corrected chi connectivity index (χ3v) is 3.46. The zero-order valence-electron chi connectivity index (χ0n) is 11.2. The third-order valence-electron chi connectivity index (χ3n) is 3.46. The fourth-order valence-corrected chi connectivity index (χ4v) is 2.29. The van der Waals surface area contributed by atoms with Crippen molar-refractivity contribution in [2.45, 2.75) is 18.9 Å². The van der Waals surface area contributed by atoms with E-state index in [4.69, 9.17) is 5.26 Å². The van der Waals surface area contributed by atoms with Crippen LogP contribution < -0.4 is 5.32 Å². The topological polar surface area (TPSA) is 56.1 Å². The SMILES string of the molecule is N#CCN1CCC(NC(=O)c2cc(F)c(F)c(F)c2)CC1. The number of carbonyl (C=O) groups is 1. The second-order valence-corrected chi connectivity index (χ2v) is 4.94. The molecule has 1 N–H and O–H groups in total. The van der Waals surface area contributed by atoms with E-state index in [0.717, 1.165) is 0 Å². The molecule has 1 amide bonds. The summed E-state index contributed by atoms with van der Waals surface area (Å²) in [4.78, 5) is 13.9. The largest absolute Gasteiger partial charge is 0.349 e. The summed E-state index contributed by atoms with van der Waals surface area (Å²) in [5.41, 5.74) is -0.245. The highest BCUT2D eigenvalue weighted by atomic mass is 19.2. The second kappa shape index (κ2) is 6.59. The quantitative estimate of drug-likeness (QED) is 0.684. The number of benzene rings is 1. The standard InChI is InChI=1S/C14H14F3N3O/c15-11-7-9(8-12(16)13(11)17)14(21)19-10-1-4-20(5-2-10)6-3-18/h7-8,10H,1-2,4-6H2,(H,19,21). The molecular weight excluding hydrogens is 283 g/mol. The molecule has 112 valence electrons. The van der Waals surface area contributed by atoms with Gasteiger partial charge in [-0.2, -0.15) is 5.26 Å². The van der Waals surface area contributed by atoms with Crippen molar-refractivity contribution in [1.82, 2.24) is 10.2 Å². The lowest BCUT2D eigenvalue weighted by molar-refractivity contribution is 0.0913. The first-order chi connectivity index (χ1) is 10.0. The van der Waals surface area contributed by atoms with Crippen LogP contribution in [0.15, 0.2) is 12.1 Å². The molecule has 0 radical (unpaired) electrons. The Balaban J connectivity index is 1.95. The molecule has 1 aromatic rings. The lowest BCUT2D eigenvalue weighted by Gasteiger charge is -2.30. The number of amides is 1. The number of nitriles is 1. The number of nitrogens with zero attached hydrogens (tertiary/aromatic N) is 2. The maximum atomic E-state index is 13.1. The van der Waals surface area contributed by atoms with Gasteiger partial charge in [-0.25, -0.2) is 13.2 Å².